The molecule has 3 aromatic rings. The molecular formula is C21H22N4O2. The zero-order valence-corrected chi connectivity index (χ0v) is 15.4. The van der Waals surface area contributed by atoms with Gasteiger partial charge >= 0.3 is 0 Å². The summed E-state index contributed by atoms with van der Waals surface area (Å²) in [5, 5.41) is 7.30. The van der Waals surface area contributed by atoms with Crippen molar-refractivity contribution >= 4 is 11.8 Å². The van der Waals surface area contributed by atoms with Gasteiger partial charge in [0.25, 0.3) is 5.91 Å². The number of rotatable bonds is 6. The molecule has 27 heavy (non-hydrogen) atoms. The van der Waals surface area contributed by atoms with Crippen molar-refractivity contribution in [1.82, 2.24) is 20.0 Å². The van der Waals surface area contributed by atoms with Crippen molar-refractivity contribution in [2.45, 2.75) is 6.54 Å². The lowest BCUT2D eigenvalue weighted by atomic mass is 10.1. The van der Waals surface area contributed by atoms with Gasteiger partial charge in [0, 0.05) is 25.9 Å². The highest BCUT2D eigenvalue weighted by Crippen LogP contribution is 2.22. The number of amides is 2. The Balaban J connectivity index is 1.88. The number of nitrogens with one attached hydrogen (secondary N) is 1. The molecule has 0 aliphatic heterocycles. The second-order valence-corrected chi connectivity index (χ2v) is 6.41. The van der Waals surface area contributed by atoms with Crippen molar-refractivity contribution in [3.8, 4) is 11.3 Å². The van der Waals surface area contributed by atoms with Crippen LogP contribution in [0.15, 0.2) is 66.9 Å². The Hall–Kier alpha value is -3.41. The first kappa shape index (κ1) is 18.4. The number of aromatic nitrogens is 2. The van der Waals surface area contributed by atoms with E-state index in [4.69, 9.17) is 0 Å². The van der Waals surface area contributed by atoms with Crippen LogP contribution in [0.4, 0.5) is 0 Å². The van der Waals surface area contributed by atoms with Gasteiger partial charge in [-0.05, 0) is 5.56 Å². The van der Waals surface area contributed by atoms with Crippen LogP contribution in [0.2, 0.25) is 0 Å². The number of hydrogen-bond donors (Lipinski definition) is 1. The minimum atomic E-state index is -0.316. The van der Waals surface area contributed by atoms with Gasteiger partial charge in [0.15, 0.2) is 0 Å². The molecule has 0 radical (unpaired) electrons. The Bertz CT molecular complexity index is 918. The van der Waals surface area contributed by atoms with E-state index < -0.39 is 0 Å². The predicted octanol–water partition coefficient (Wildman–Crippen LogP) is 2.42. The summed E-state index contributed by atoms with van der Waals surface area (Å²) in [6.07, 6.45) is 1.73. The quantitative estimate of drug-likeness (QED) is 0.732. The molecule has 3 rings (SSSR count). The fourth-order valence-corrected chi connectivity index (χ4v) is 2.66. The zero-order valence-electron chi connectivity index (χ0n) is 15.4. The minimum absolute atomic E-state index is 0.0517. The topological polar surface area (TPSA) is 67.2 Å². The van der Waals surface area contributed by atoms with Crippen molar-refractivity contribution < 1.29 is 9.59 Å². The van der Waals surface area contributed by atoms with E-state index in [0.717, 1.165) is 11.1 Å². The molecule has 0 aliphatic carbocycles. The van der Waals surface area contributed by atoms with E-state index in [-0.39, 0.29) is 18.4 Å². The van der Waals surface area contributed by atoms with Crippen LogP contribution in [0.25, 0.3) is 11.3 Å². The van der Waals surface area contributed by atoms with Crippen LogP contribution in [0.5, 0.6) is 0 Å². The van der Waals surface area contributed by atoms with Gasteiger partial charge in [-0.25, -0.2) is 0 Å². The van der Waals surface area contributed by atoms with Crippen LogP contribution in [0, 0.1) is 0 Å². The Morgan fingerprint density at radius 3 is 2.26 bits per heavy atom. The molecule has 0 atom stereocenters. The van der Waals surface area contributed by atoms with E-state index in [9.17, 15) is 9.59 Å². The van der Waals surface area contributed by atoms with E-state index in [0.29, 0.717) is 17.8 Å². The fourth-order valence-electron chi connectivity index (χ4n) is 2.66. The number of nitrogens with zero attached hydrogens (tertiary/aromatic N) is 3. The molecule has 0 spiro atoms. The van der Waals surface area contributed by atoms with Crippen LogP contribution in [-0.2, 0) is 11.3 Å². The minimum Gasteiger partial charge on any atom is -0.347 e. The molecule has 0 aliphatic rings. The van der Waals surface area contributed by atoms with E-state index in [2.05, 4.69) is 10.4 Å². The maximum absolute atomic E-state index is 12.7. The van der Waals surface area contributed by atoms with Gasteiger partial charge in [0.05, 0.1) is 18.7 Å². The normalized spacial score (nSPS) is 10.4. The zero-order chi connectivity index (χ0) is 19.2. The smallest absolute Gasteiger partial charge is 0.255 e. The van der Waals surface area contributed by atoms with E-state index in [1.54, 1.807) is 25.0 Å². The van der Waals surface area contributed by atoms with Gasteiger partial charge in [-0.1, -0.05) is 60.7 Å². The fraction of sp³-hybridized carbons (Fsp3) is 0.190. The molecule has 0 saturated carbocycles. The maximum Gasteiger partial charge on any atom is 0.255 e. The highest BCUT2D eigenvalue weighted by Gasteiger charge is 2.19. The van der Waals surface area contributed by atoms with Gasteiger partial charge in [-0.2, -0.15) is 5.10 Å². The summed E-state index contributed by atoms with van der Waals surface area (Å²) in [4.78, 5) is 25.9. The number of carbonyl (C=O) groups is 2. The van der Waals surface area contributed by atoms with Crippen molar-refractivity contribution in [1.29, 1.82) is 0 Å². The van der Waals surface area contributed by atoms with Crippen molar-refractivity contribution in [2.75, 3.05) is 20.6 Å². The second kappa shape index (κ2) is 8.31. The molecule has 1 aromatic heterocycles. The molecular weight excluding hydrogens is 340 g/mol. The molecule has 0 fully saturated rings. The molecule has 0 unspecified atom stereocenters. The van der Waals surface area contributed by atoms with Gasteiger partial charge in [-0.3, -0.25) is 14.3 Å². The molecule has 0 saturated heterocycles. The summed E-state index contributed by atoms with van der Waals surface area (Å²) >= 11 is 0. The third kappa shape index (κ3) is 4.61. The monoisotopic (exact) mass is 362 g/mol. The number of benzene rings is 2. The molecule has 6 heteroatoms. The summed E-state index contributed by atoms with van der Waals surface area (Å²) in [5.41, 5.74) is 2.99. The average molecular weight is 362 g/mol. The molecule has 0 bridgehead atoms. The highest BCUT2D eigenvalue weighted by molar-refractivity contribution is 6.01. The Labute approximate surface area is 158 Å². The summed E-state index contributed by atoms with van der Waals surface area (Å²) in [6, 6.07) is 19.5. The SMILES string of the molecule is CN(C)C(=O)CNC(=O)c1cn(Cc2ccccc2)nc1-c1ccccc1. The summed E-state index contributed by atoms with van der Waals surface area (Å²) in [7, 11) is 3.31. The summed E-state index contributed by atoms with van der Waals surface area (Å²) in [6.45, 7) is 0.508. The summed E-state index contributed by atoms with van der Waals surface area (Å²) < 4.78 is 1.75. The van der Waals surface area contributed by atoms with Gasteiger partial charge in [0.1, 0.15) is 5.69 Å². The lowest BCUT2D eigenvalue weighted by Crippen LogP contribution is -2.36. The van der Waals surface area contributed by atoms with E-state index in [1.165, 1.54) is 4.90 Å². The number of likely N-dealkylation sites (N-methyl/N-ethyl adjacent to an activating group) is 1. The Morgan fingerprint density at radius 1 is 1.00 bits per heavy atom. The van der Waals surface area contributed by atoms with Crippen LogP contribution in [-0.4, -0.2) is 47.1 Å². The molecule has 138 valence electrons. The molecule has 1 N–H and O–H groups in total. The van der Waals surface area contributed by atoms with Crippen LogP contribution < -0.4 is 5.32 Å². The third-order valence-corrected chi connectivity index (χ3v) is 4.14. The van der Waals surface area contributed by atoms with Crippen LogP contribution in [0.1, 0.15) is 15.9 Å². The Kier molecular flexibility index (Phi) is 5.66. The van der Waals surface area contributed by atoms with Crippen molar-refractivity contribution in [3.63, 3.8) is 0 Å². The maximum atomic E-state index is 12.7. The third-order valence-electron chi connectivity index (χ3n) is 4.14. The molecule has 2 amide bonds. The number of hydrogen-bond acceptors (Lipinski definition) is 3. The average Bonchev–Trinajstić information content (AvgIpc) is 3.11. The van der Waals surface area contributed by atoms with Crippen LogP contribution in [0.3, 0.4) is 0 Å². The highest BCUT2D eigenvalue weighted by atomic mass is 16.2. The van der Waals surface area contributed by atoms with E-state index >= 15 is 0 Å². The van der Waals surface area contributed by atoms with Crippen LogP contribution >= 0.6 is 0 Å². The molecule has 1 heterocycles. The van der Waals surface area contributed by atoms with E-state index in [1.807, 2.05) is 60.7 Å². The lowest BCUT2D eigenvalue weighted by molar-refractivity contribution is -0.127. The predicted molar refractivity (Wildman–Crippen MR) is 104 cm³/mol. The van der Waals surface area contributed by atoms with Crippen molar-refractivity contribution in [3.05, 3.63) is 78.0 Å². The molecule has 2 aromatic carbocycles. The number of carbonyl (C=O) groups excluding carboxylic acids is 2. The summed E-state index contributed by atoms with van der Waals surface area (Å²) in [5.74, 6) is -0.482. The van der Waals surface area contributed by atoms with Crippen molar-refractivity contribution in [2.24, 2.45) is 0 Å². The standard InChI is InChI=1S/C21H22N4O2/c1-24(2)19(26)13-22-21(27)18-15-25(14-16-9-5-3-6-10-16)23-20(18)17-11-7-4-8-12-17/h3-12,15H,13-14H2,1-2H3,(H,22,27). The molecule has 6 nitrogen and oxygen atoms in total. The first-order valence-corrected chi connectivity index (χ1v) is 8.70. The largest absolute Gasteiger partial charge is 0.347 e. The first-order chi connectivity index (χ1) is 13.0. The second-order valence-electron chi connectivity index (χ2n) is 6.41. The van der Waals surface area contributed by atoms with Gasteiger partial charge in [-0.15, -0.1) is 0 Å². The van der Waals surface area contributed by atoms with Gasteiger partial charge < -0.3 is 10.2 Å². The Morgan fingerprint density at radius 2 is 1.63 bits per heavy atom. The van der Waals surface area contributed by atoms with Gasteiger partial charge in [0.2, 0.25) is 5.91 Å². The lowest BCUT2D eigenvalue weighted by Gasteiger charge is -2.10. The first-order valence-electron chi connectivity index (χ1n) is 8.70.